The number of nitrogens with one attached hydrogen (secondary N) is 1. The van der Waals surface area contributed by atoms with Gasteiger partial charge < -0.3 is 20.4 Å². The Morgan fingerprint density at radius 2 is 1.76 bits per heavy atom. The number of para-hydroxylation sites is 1. The van der Waals surface area contributed by atoms with E-state index in [1.54, 1.807) is 69.4 Å². The number of nitrogen functional groups attached to an aromatic ring is 1. The highest BCUT2D eigenvalue weighted by molar-refractivity contribution is 6.09. The van der Waals surface area contributed by atoms with Gasteiger partial charge in [0.15, 0.2) is 0 Å². The number of anilines is 2. The minimum atomic E-state index is -0.817. The summed E-state index contributed by atoms with van der Waals surface area (Å²) in [7, 11) is 1.85. The summed E-state index contributed by atoms with van der Waals surface area (Å²) in [6.07, 6.45) is 4.22. The first-order chi connectivity index (χ1) is 21.4. The minimum absolute atomic E-state index is 0.0172. The topological polar surface area (TPSA) is 167 Å². The maximum atomic E-state index is 13.8. The zero-order chi connectivity index (χ0) is 32.0. The van der Waals surface area contributed by atoms with E-state index in [1.165, 1.54) is 17.0 Å². The van der Waals surface area contributed by atoms with Crippen molar-refractivity contribution < 1.29 is 19.1 Å². The third-order valence-electron chi connectivity index (χ3n) is 7.32. The van der Waals surface area contributed by atoms with E-state index in [1.807, 2.05) is 17.8 Å². The van der Waals surface area contributed by atoms with Crippen LogP contribution in [0.5, 0.6) is 0 Å². The number of aromatic nitrogens is 5. The molecule has 1 aliphatic heterocycles. The van der Waals surface area contributed by atoms with Crippen LogP contribution in [0.2, 0.25) is 0 Å². The molecule has 0 saturated heterocycles. The standard InChI is InChI=1S/C32H30N8O5/c1-32(2,3)45-31(44)39-13-12-23-20(29(39)42)14-21(30(43)40(23)19-8-6-5-7-9-19)28(41)37-24-11-10-18(15-34-24)22-16-38(4)27-25(22)26(33)35-17-36-27/h5-11,14-17H,12-13H2,1-4H3,(H2,33,35,36)(H,34,37,41). The summed E-state index contributed by atoms with van der Waals surface area (Å²) in [4.78, 5) is 67.6. The van der Waals surface area contributed by atoms with E-state index in [2.05, 4.69) is 20.3 Å². The molecular formula is C32H30N8O5. The number of pyridine rings is 2. The number of imide groups is 1. The number of nitrogens with zero attached hydrogens (tertiary/aromatic N) is 6. The molecule has 13 heteroatoms. The van der Waals surface area contributed by atoms with Crippen LogP contribution in [-0.4, -0.2) is 59.0 Å². The summed E-state index contributed by atoms with van der Waals surface area (Å²) in [5.41, 5.74) is 7.48. The van der Waals surface area contributed by atoms with Crippen molar-refractivity contribution in [3.63, 3.8) is 0 Å². The van der Waals surface area contributed by atoms with Crippen molar-refractivity contribution in [1.82, 2.24) is 29.0 Å². The lowest BCUT2D eigenvalue weighted by Crippen LogP contribution is -2.47. The summed E-state index contributed by atoms with van der Waals surface area (Å²) in [5.74, 6) is -0.920. The molecule has 0 radical (unpaired) electrons. The molecule has 0 saturated carbocycles. The molecule has 0 atom stereocenters. The van der Waals surface area contributed by atoms with E-state index in [0.717, 1.165) is 10.5 Å². The highest BCUT2D eigenvalue weighted by Crippen LogP contribution is 2.32. The Hall–Kier alpha value is -5.85. The molecular weight excluding hydrogens is 576 g/mol. The number of hydrogen-bond acceptors (Lipinski definition) is 9. The van der Waals surface area contributed by atoms with Crippen LogP contribution in [0.3, 0.4) is 0 Å². The van der Waals surface area contributed by atoms with Gasteiger partial charge in [0.2, 0.25) is 0 Å². The monoisotopic (exact) mass is 606 g/mol. The van der Waals surface area contributed by atoms with Gasteiger partial charge in [-0.2, -0.15) is 0 Å². The van der Waals surface area contributed by atoms with Crippen molar-refractivity contribution in [2.75, 3.05) is 17.6 Å². The fourth-order valence-electron chi connectivity index (χ4n) is 5.32. The van der Waals surface area contributed by atoms with Gasteiger partial charge in [-0.3, -0.25) is 19.0 Å². The van der Waals surface area contributed by atoms with Gasteiger partial charge in [0.25, 0.3) is 17.4 Å². The molecule has 0 spiro atoms. The Balaban J connectivity index is 1.35. The second-order valence-electron chi connectivity index (χ2n) is 11.6. The van der Waals surface area contributed by atoms with Crippen molar-refractivity contribution in [3.05, 3.63) is 94.4 Å². The molecule has 0 bridgehead atoms. The zero-order valence-corrected chi connectivity index (χ0v) is 25.1. The molecule has 0 unspecified atom stereocenters. The van der Waals surface area contributed by atoms with Crippen LogP contribution >= 0.6 is 0 Å². The average Bonchev–Trinajstić information content (AvgIpc) is 3.34. The lowest BCUT2D eigenvalue weighted by Gasteiger charge is -2.31. The molecule has 5 heterocycles. The highest BCUT2D eigenvalue weighted by Gasteiger charge is 2.35. The highest BCUT2D eigenvalue weighted by atomic mass is 16.6. The second-order valence-corrected chi connectivity index (χ2v) is 11.6. The quantitative estimate of drug-likeness (QED) is 0.308. The SMILES string of the molecule is Cn1cc(-c2ccc(NC(=O)c3cc4c(n(-c5ccccc5)c3=O)CCN(C(=O)OC(C)(C)C)C4=O)nc2)c2c(N)ncnc21. The molecule has 0 fully saturated rings. The van der Waals surface area contributed by atoms with Crippen molar-refractivity contribution in [1.29, 1.82) is 0 Å². The number of amides is 3. The predicted octanol–water partition coefficient (Wildman–Crippen LogP) is 3.95. The van der Waals surface area contributed by atoms with Gasteiger partial charge in [0.05, 0.1) is 10.9 Å². The molecule has 4 aromatic heterocycles. The Kier molecular flexibility index (Phi) is 7.15. The number of aryl methyl sites for hydroxylation is 1. The number of ether oxygens (including phenoxy) is 1. The maximum absolute atomic E-state index is 13.8. The molecule has 0 aliphatic carbocycles. The first kappa shape index (κ1) is 29.2. The van der Waals surface area contributed by atoms with Crippen LogP contribution in [0, 0.1) is 0 Å². The number of fused-ring (bicyclic) bond motifs is 2. The van der Waals surface area contributed by atoms with Gasteiger partial charge in [0, 0.05) is 54.9 Å². The van der Waals surface area contributed by atoms with Gasteiger partial charge >= 0.3 is 6.09 Å². The lowest BCUT2D eigenvalue weighted by atomic mass is 10.0. The van der Waals surface area contributed by atoms with Gasteiger partial charge in [-0.1, -0.05) is 18.2 Å². The molecule has 5 aromatic rings. The molecule has 3 amide bonds. The summed E-state index contributed by atoms with van der Waals surface area (Å²) in [5, 5.41) is 3.34. The Morgan fingerprint density at radius 1 is 1.00 bits per heavy atom. The maximum Gasteiger partial charge on any atom is 0.417 e. The van der Waals surface area contributed by atoms with Gasteiger partial charge in [-0.15, -0.1) is 0 Å². The summed E-state index contributed by atoms with van der Waals surface area (Å²) in [6, 6.07) is 13.3. The normalized spacial score (nSPS) is 13.1. The van der Waals surface area contributed by atoms with Crippen molar-refractivity contribution in [2.45, 2.75) is 32.8 Å². The fraction of sp³-hybridized carbons (Fsp3) is 0.219. The number of rotatable bonds is 4. The summed E-state index contributed by atoms with van der Waals surface area (Å²) >= 11 is 0. The van der Waals surface area contributed by atoms with E-state index in [0.29, 0.717) is 33.8 Å². The van der Waals surface area contributed by atoms with Crippen molar-refractivity contribution in [2.24, 2.45) is 7.05 Å². The molecule has 228 valence electrons. The molecule has 6 rings (SSSR count). The molecule has 3 N–H and O–H groups in total. The van der Waals surface area contributed by atoms with Gasteiger partial charge in [0.1, 0.15) is 34.8 Å². The van der Waals surface area contributed by atoms with Gasteiger partial charge in [-0.25, -0.2) is 24.6 Å². The Bertz CT molecular complexity index is 2040. The molecule has 45 heavy (non-hydrogen) atoms. The molecule has 13 nitrogen and oxygen atoms in total. The third kappa shape index (κ3) is 5.39. The summed E-state index contributed by atoms with van der Waals surface area (Å²) in [6.45, 7) is 5.13. The fourth-order valence-corrected chi connectivity index (χ4v) is 5.32. The minimum Gasteiger partial charge on any atom is -0.443 e. The number of hydrogen-bond donors (Lipinski definition) is 2. The average molecular weight is 607 g/mol. The number of carbonyl (C=O) groups is 3. The summed E-state index contributed by atoms with van der Waals surface area (Å²) < 4.78 is 8.60. The van der Waals surface area contributed by atoms with Crippen LogP contribution in [0.15, 0.2) is 72.0 Å². The molecule has 1 aromatic carbocycles. The van der Waals surface area contributed by atoms with Gasteiger partial charge in [-0.05, 0) is 51.1 Å². The Labute approximate surface area is 257 Å². The van der Waals surface area contributed by atoms with Crippen molar-refractivity contribution >= 4 is 40.6 Å². The smallest absolute Gasteiger partial charge is 0.417 e. The number of carbonyl (C=O) groups excluding carboxylic acids is 3. The first-order valence-electron chi connectivity index (χ1n) is 14.2. The van der Waals surface area contributed by atoms with E-state index in [9.17, 15) is 19.2 Å². The zero-order valence-electron chi connectivity index (χ0n) is 25.1. The van der Waals surface area contributed by atoms with E-state index < -0.39 is 29.1 Å². The van der Waals surface area contributed by atoms with E-state index >= 15 is 0 Å². The van der Waals surface area contributed by atoms with E-state index in [4.69, 9.17) is 10.5 Å². The van der Waals surface area contributed by atoms with Crippen molar-refractivity contribution in [3.8, 4) is 16.8 Å². The number of benzene rings is 1. The third-order valence-corrected chi connectivity index (χ3v) is 7.32. The van der Waals surface area contributed by atoms with E-state index in [-0.39, 0.29) is 29.9 Å². The largest absolute Gasteiger partial charge is 0.443 e. The lowest BCUT2D eigenvalue weighted by molar-refractivity contribution is 0.0232. The number of nitrogens with two attached hydrogens (primary N) is 1. The van der Waals surface area contributed by atoms with Crippen LogP contribution in [0.4, 0.5) is 16.4 Å². The second kappa shape index (κ2) is 11.0. The van der Waals surface area contributed by atoms with Crippen LogP contribution in [0.25, 0.3) is 27.8 Å². The molecule has 1 aliphatic rings. The first-order valence-corrected chi connectivity index (χ1v) is 14.2. The Morgan fingerprint density at radius 3 is 2.44 bits per heavy atom. The van der Waals surface area contributed by atoms with Crippen LogP contribution in [0.1, 0.15) is 47.2 Å². The van der Waals surface area contributed by atoms with Crippen LogP contribution in [-0.2, 0) is 18.2 Å². The predicted molar refractivity (Wildman–Crippen MR) is 167 cm³/mol. The van der Waals surface area contributed by atoms with Crippen LogP contribution < -0.4 is 16.6 Å².